The second-order valence-corrected chi connectivity index (χ2v) is 9.59. The molecule has 0 fully saturated rings. The van der Waals surface area contributed by atoms with Crippen LogP contribution in [-0.4, -0.2) is 16.0 Å². The minimum atomic E-state index is -0.629. The van der Waals surface area contributed by atoms with E-state index in [9.17, 15) is 19.1 Å². The van der Waals surface area contributed by atoms with Crippen LogP contribution in [0.25, 0.3) is 10.9 Å². The molecule has 1 amide bonds. The molecule has 1 aromatic heterocycles. The SMILES string of the molecule is CC(C)(C)c1cc(C(C)(C)C)c(NC(=O)c2c[nH]c3ccc(F)cc3c2=O)cc1O. The van der Waals surface area contributed by atoms with Crippen molar-refractivity contribution in [3.05, 3.63) is 69.3 Å². The number of nitrogens with one attached hydrogen (secondary N) is 2. The third-order valence-corrected chi connectivity index (χ3v) is 5.09. The van der Waals surface area contributed by atoms with Gasteiger partial charge in [-0.2, -0.15) is 0 Å². The van der Waals surface area contributed by atoms with E-state index in [4.69, 9.17) is 0 Å². The van der Waals surface area contributed by atoms with Crippen molar-refractivity contribution >= 4 is 22.5 Å². The van der Waals surface area contributed by atoms with E-state index < -0.39 is 17.2 Å². The summed E-state index contributed by atoms with van der Waals surface area (Å²) in [6.45, 7) is 12.0. The monoisotopic (exact) mass is 410 g/mol. The summed E-state index contributed by atoms with van der Waals surface area (Å²) in [5.41, 5.74) is 1.17. The molecule has 5 nitrogen and oxygen atoms in total. The number of aromatic nitrogens is 1. The number of anilines is 1. The van der Waals surface area contributed by atoms with Crippen molar-refractivity contribution in [2.24, 2.45) is 0 Å². The van der Waals surface area contributed by atoms with Crippen molar-refractivity contribution in [3.8, 4) is 5.75 Å². The highest BCUT2D eigenvalue weighted by molar-refractivity contribution is 6.06. The Balaban J connectivity index is 2.09. The average Bonchev–Trinajstić information content (AvgIpc) is 2.60. The number of pyridine rings is 1. The Morgan fingerprint density at radius 1 is 1.00 bits per heavy atom. The third kappa shape index (κ3) is 4.08. The first-order valence-electron chi connectivity index (χ1n) is 9.79. The van der Waals surface area contributed by atoms with E-state index in [-0.39, 0.29) is 27.5 Å². The normalized spacial score (nSPS) is 12.2. The fourth-order valence-electron chi connectivity index (χ4n) is 3.46. The summed E-state index contributed by atoms with van der Waals surface area (Å²) in [6.07, 6.45) is 1.32. The number of carbonyl (C=O) groups excluding carboxylic acids is 1. The summed E-state index contributed by atoms with van der Waals surface area (Å²) in [5, 5.41) is 13.4. The molecule has 0 spiro atoms. The number of rotatable bonds is 2. The zero-order valence-corrected chi connectivity index (χ0v) is 18.1. The van der Waals surface area contributed by atoms with E-state index in [1.807, 2.05) is 47.6 Å². The minimum absolute atomic E-state index is 0.0697. The third-order valence-electron chi connectivity index (χ3n) is 5.09. The lowest BCUT2D eigenvalue weighted by Gasteiger charge is -2.28. The molecule has 0 radical (unpaired) electrons. The fourth-order valence-corrected chi connectivity index (χ4v) is 3.46. The second-order valence-electron chi connectivity index (χ2n) is 9.59. The van der Waals surface area contributed by atoms with Gasteiger partial charge in [0.05, 0.1) is 0 Å². The molecule has 6 heteroatoms. The van der Waals surface area contributed by atoms with E-state index in [2.05, 4.69) is 10.3 Å². The van der Waals surface area contributed by atoms with Crippen LogP contribution in [0.1, 0.15) is 63.0 Å². The van der Waals surface area contributed by atoms with E-state index in [1.54, 1.807) is 0 Å². The summed E-state index contributed by atoms with van der Waals surface area (Å²) < 4.78 is 13.6. The van der Waals surface area contributed by atoms with Crippen LogP contribution in [0.5, 0.6) is 5.75 Å². The van der Waals surface area contributed by atoms with Crippen molar-refractivity contribution in [2.45, 2.75) is 52.4 Å². The highest BCUT2D eigenvalue weighted by atomic mass is 19.1. The van der Waals surface area contributed by atoms with Gasteiger partial charge in [-0.3, -0.25) is 9.59 Å². The minimum Gasteiger partial charge on any atom is -0.508 e. The first-order valence-corrected chi connectivity index (χ1v) is 9.79. The number of hydrogen-bond acceptors (Lipinski definition) is 3. The Labute approximate surface area is 175 Å². The number of aromatic hydroxyl groups is 1. The molecular weight excluding hydrogens is 383 g/mol. The number of carbonyl (C=O) groups is 1. The van der Waals surface area contributed by atoms with Gasteiger partial charge in [-0.25, -0.2) is 4.39 Å². The molecule has 0 saturated heterocycles. The summed E-state index contributed by atoms with van der Waals surface area (Å²) in [7, 11) is 0. The van der Waals surface area contributed by atoms with Crippen molar-refractivity contribution in [1.29, 1.82) is 0 Å². The van der Waals surface area contributed by atoms with Gasteiger partial charge in [-0.05, 0) is 46.2 Å². The summed E-state index contributed by atoms with van der Waals surface area (Å²) >= 11 is 0. The molecule has 1 heterocycles. The van der Waals surface area contributed by atoms with Gasteiger partial charge >= 0.3 is 0 Å². The van der Waals surface area contributed by atoms with Crippen molar-refractivity contribution in [3.63, 3.8) is 0 Å². The van der Waals surface area contributed by atoms with Crippen molar-refractivity contribution < 1.29 is 14.3 Å². The van der Waals surface area contributed by atoms with E-state index in [1.165, 1.54) is 24.4 Å². The van der Waals surface area contributed by atoms with Gasteiger partial charge in [0.1, 0.15) is 17.1 Å². The quantitative estimate of drug-likeness (QED) is 0.542. The molecule has 0 saturated carbocycles. The lowest BCUT2D eigenvalue weighted by molar-refractivity contribution is 0.102. The second kappa shape index (κ2) is 7.27. The maximum absolute atomic E-state index is 13.6. The maximum Gasteiger partial charge on any atom is 0.261 e. The molecule has 0 aliphatic carbocycles. The zero-order chi connectivity index (χ0) is 22.4. The topological polar surface area (TPSA) is 82.2 Å². The molecule has 0 aliphatic rings. The van der Waals surface area contributed by atoms with Crippen LogP contribution in [0.2, 0.25) is 0 Å². The molecule has 158 valence electrons. The molecule has 0 unspecified atom stereocenters. The smallest absolute Gasteiger partial charge is 0.261 e. The lowest BCUT2D eigenvalue weighted by atomic mass is 9.79. The van der Waals surface area contributed by atoms with Crippen LogP contribution in [0, 0.1) is 5.82 Å². The summed E-state index contributed by atoms with van der Waals surface area (Å²) in [5.74, 6) is -1.11. The number of fused-ring (bicyclic) bond motifs is 1. The lowest BCUT2D eigenvalue weighted by Crippen LogP contribution is -2.25. The largest absolute Gasteiger partial charge is 0.508 e. The summed E-state index contributed by atoms with van der Waals surface area (Å²) in [6, 6.07) is 7.22. The van der Waals surface area contributed by atoms with Gasteiger partial charge in [-0.1, -0.05) is 41.5 Å². The number of benzene rings is 2. The van der Waals surface area contributed by atoms with Crippen molar-refractivity contribution in [2.75, 3.05) is 5.32 Å². The van der Waals surface area contributed by atoms with Gasteiger partial charge in [0.2, 0.25) is 5.43 Å². The Morgan fingerprint density at radius 3 is 2.23 bits per heavy atom. The predicted molar refractivity (Wildman–Crippen MR) is 118 cm³/mol. The zero-order valence-electron chi connectivity index (χ0n) is 18.1. The highest BCUT2D eigenvalue weighted by Crippen LogP contribution is 2.39. The standard InChI is InChI=1S/C24H27FN2O3/c1-23(2,3)16-10-17(24(4,5)6)20(28)11-19(16)27-22(30)15-12-26-18-8-7-13(25)9-14(18)21(15)29/h7-12,28H,1-6H3,(H,26,29)(H,27,30). The number of aromatic amines is 1. The van der Waals surface area contributed by atoms with Gasteiger partial charge in [0.25, 0.3) is 5.91 Å². The molecule has 0 atom stereocenters. The molecular formula is C24H27FN2O3. The van der Waals surface area contributed by atoms with Gasteiger partial charge < -0.3 is 15.4 Å². The van der Waals surface area contributed by atoms with E-state index in [0.29, 0.717) is 11.2 Å². The predicted octanol–water partition coefficient (Wildman–Crippen LogP) is 5.22. The van der Waals surface area contributed by atoms with Crippen molar-refractivity contribution in [1.82, 2.24) is 4.98 Å². The van der Waals surface area contributed by atoms with Gasteiger partial charge in [0.15, 0.2) is 0 Å². The number of amides is 1. The Morgan fingerprint density at radius 2 is 1.63 bits per heavy atom. The van der Waals surface area contributed by atoms with E-state index in [0.717, 1.165) is 17.2 Å². The van der Waals surface area contributed by atoms with Crippen LogP contribution < -0.4 is 10.7 Å². The van der Waals surface area contributed by atoms with E-state index >= 15 is 0 Å². The fraction of sp³-hybridized carbons (Fsp3) is 0.333. The number of phenols is 1. The van der Waals surface area contributed by atoms with Gasteiger partial charge in [0, 0.05) is 28.9 Å². The first-order chi connectivity index (χ1) is 13.8. The molecule has 3 N–H and O–H groups in total. The van der Waals surface area contributed by atoms with Crippen LogP contribution in [-0.2, 0) is 10.8 Å². The molecule has 30 heavy (non-hydrogen) atoms. The Bertz CT molecular complexity index is 1200. The van der Waals surface area contributed by atoms with Gasteiger partial charge in [-0.15, -0.1) is 0 Å². The van der Waals surface area contributed by atoms with Crippen LogP contribution in [0.4, 0.5) is 10.1 Å². The number of hydrogen-bond donors (Lipinski definition) is 3. The Kier molecular flexibility index (Phi) is 5.23. The average molecular weight is 410 g/mol. The molecule has 2 aromatic carbocycles. The molecule has 0 aliphatic heterocycles. The molecule has 3 aromatic rings. The van der Waals surface area contributed by atoms with Crippen LogP contribution in [0.3, 0.4) is 0 Å². The van der Waals surface area contributed by atoms with Crippen LogP contribution in [0.15, 0.2) is 41.3 Å². The highest BCUT2D eigenvalue weighted by Gasteiger charge is 2.26. The summed E-state index contributed by atoms with van der Waals surface area (Å²) in [4.78, 5) is 28.5. The Hall–Kier alpha value is -3.15. The molecule has 3 rings (SSSR count). The molecule has 0 bridgehead atoms. The number of H-pyrrole nitrogens is 1. The van der Waals surface area contributed by atoms with Crippen LogP contribution >= 0.6 is 0 Å². The number of phenolic OH excluding ortho intramolecular Hbond substituents is 1. The number of halogens is 1. The maximum atomic E-state index is 13.6. The first kappa shape index (κ1) is 21.6.